The Kier molecular flexibility index (Phi) is 6.34. The molecule has 35 heavy (non-hydrogen) atoms. The summed E-state index contributed by atoms with van der Waals surface area (Å²) in [5.41, 5.74) is 3.58. The maximum absolute atomic E-state index is 14.4. The summed E-state index contributed by atoms with van der Waals surface area (Å²) in [6.07, 6.45) is 3.55. The molecule has 1 aliphatic rings. The maximum Gasteiger partial charge on any atom is 0.270 e. The molecule has 1 saturated heterocycles. The van der Waals surface area contributed by atoms with E-state index in [2.05, 4.69) is 14.9 Å². The fourth-order valence-corrected chi connectivity index (χ4v) is 5.29. The van der Waals surface area contributed by atoms with E-state index < -0.39 is 17.2 Å². The molecule has 3 heterocycles. The predicted molar refractivity (Wildman–Crippen MR) is 134 cm³/mol. The number of hydrogen-bond donors (Lipinski definition) is 1. The summed E-state index contributed by atoms with van der Waals surface area (Å²) in [5.74, 6) is -2.44. The number of anilines is 2. The lowest BCUT2D eigenvalue weighted by molar-refractivity contribution is 0.0988. The van der Waals surface area contributed by atoms with Crippen LogP contribution < -0.4 is 15.4 Å². The van der Waals surface area contributed by atoms with Gasteiger partial charge in [0, 0.05) is 35.9 Å². The van der Waals surface area contributed by atoms with Crippen molar-refractivity contribution in [2.45, 2.75) is 32.7 Å². The first-order valence-corrected chi connectivity index (χ1v) is 12.4. The van der Waals surface area contributed by atoms with E-state index in [0.29, 0.717) is 27.2 Å². The minimum absolute atomic E-state index is 0.00469. The van der Waals surface area contributed by atoms with Crippen LogP contribution in [0.15, 0.2) is 52.8 Å². The fraction of sp³-hybridized carbons (Fsp3) is 0.269. The molecule has 1 aliphatic heterocycles. The van der Waals surface area contributed by atoms with E-state index >= 15 is 0 Å². The van der Waals surface area contributed by atoms with Gasteiger partial charge in [-0.25, -0.2) is 13.8 Å². The molecule has 5 rings (SSSR count). The molecule has 180 valence electrons. The normalized spacial score (nSPS) is 13.9. The standard InChI is InChI=1S/C26H24F2N4O2S/c1-16-25(35-15-29-16)26(34)32(19-7-5-18(6-8-19)31-11-3-2-4-12-31)14-17-13-22(33)30-24-20(17)9-10-21(27)23(24)28/h5-10,13,15H,2-4,11-12,14H2,1H3,(H,30,33). The number of aromatic amines is 1. The third-order valence-corrected chi connectivity index (χ3v) is 7.31. The number of thiazole rings is 1. The summed E-state index contributed by atoms with van der Waals surface area (Å²) in [4.78, 5) is 36.9. The van der Waals surface area contributed by atoms with Crippen molar-refractivity contribution in [2.24, 2.45) is 0 Å². The smallest absolute Gasteiger partial charge is 0.270 e. The Hall–Kier alpha value is -3.59. The Balaban J connectivity index is 1.56. The monoisotopic (exact) mass is 494 g/mol. The highest BCUT2D eigenvalue weighted by Crippen LogP contribution is 2.29. The van der Waals surface area contributed by atoms with Gasteiger partial charge >= 0.3 is 0 Å². The lowest BCUT2D eigenvalue weighted by Gasteiger charge is -2.29. The zero-order valence-electron chi connectivity index (χ0n) is 19.2. The molecule has 1 N–H and O–H groups in total. The molecule has 2 aromatic carbocycles. The summed E-state index contributed by atoms with van der Waals surface area (Å²) in [6.45, 7) is 3.78. The molecule has 0 aliphatic carbocycles. The number of amides is 1. The van der Waals surface area contributed by atoms with Crippen molar-refractivity contribution < 1.29 is 13.6 Å². The quantitative estimate of drug-likeness (QED) is 0.403. The van der Waals surface area contributed by atoms with Gasteiger partial charge in [-0.15, -0.1) is 11.3 Å². The first-order chi connectivity index (χ1) is 16.9. The predicted octanol–water partition coefficient (Wildman–Crippen LogP) is 5.41. The van der Waals surface area contributed by atoms with Crippen molar-refractivity contribution in [1.82, 2.24) is 9.97 Å². The van der Waals surface area contributed by atoms with E-state index in [1.807, 2.05) is 24.3 Å². The second-order valence-electron chi connectivity index (χ2n) is 8.67. The summed E-state index contributed by atoms with van der Waals surface area (Å²) in [7, 11) is 0. The molecule has 6 nitrogen and oxygen atoms in total. The number of aromatic nitrogens is 2. The number of rotatable bonds is 5. The molecule has 2 aromatic heterocycles. The van der Waals surface area contributed by atoms with Crippen LogP contribution in [0.4, 0.5) is 20.2 Å². The third kappa shape index (κ3) is 4.55. The molecular weight excluding hydrogens is 470 g/mol. The van der Waals surface area contributed by atoms with Crippen LogP contribution in [0.1, 0.15) is 40.2 Å². The maximum atomic E-state index is 14.4. The van der Waals surface area contributed by atoms with Crippen LogP contribution >= 0.6 is 11.3 Å². The molecule has 0 bridgehead atoms. The Labute approximate surface area is 204 Å². The first kappa shape index (κ1) is 23.2. The number of nitrogens with zero attached hydrogens (tertiary/aromatic N) is 3. The zero-order valence-corrected chi connectivity index (χ0v) is 20.0. The van der Waals surface area contributed by atoms with E-state index in [0.717, 1.165) is 37.7 Å². The molecule has 0 atom stereocenters. The van der Waals surface area contributed by atoms with Crippen LogP contribution in [0, 0.1) is 18.6 Å². The van der Waals surface area contributed by atoms with Crippen LogP contribution in [0.5, 0.6) is 0 Å². The minimum atomic E-state index is -1.12. The topological polar surface area (TPSA) is 69.3 Å². The molecule has 4 aromatic rings. The molecule has 0 spiro atoms. The van der Waals surface area contributed by atoms with Gasteiger partial charge in [0.1, 0.15) is 4.88 Å². The molecule has 9 heteroatoms. The number of piperidine rings is 1. The number of hydrogen-bond acceptors (Lipinski definition) is 5. The lowest BCUT2D eigenvalue weighted by atomic mass is 10.1. The minimum Gasteiger partial charge on any atom is -0.372 e. The summed E-state index contributed by atoms with van der Waals surface area (Å²) < 4.78 is 28.3. The van der Waals surface area contributed by atoms with Gasteiger partial charge < -0.3 is 14.8 Å². The van der Waals surface area contributed by atoms with Crippen LogP contribution in [-0.4, -0.2) is 29.0 Å². The van der Waals surface area contributed by atoms with Crippen molar-refractivity contribution >= 4 is 39.5 Å². The van der Waals surface area contributed by atoms with Gasteiger partial charge in [0.2, 0.25) is 5.56 Å². The molecule has 0 saturated carbocycles. The van der Waals surface area contributed by atoms with Crippen molar-refractivity contribution in [1.29, 1.82) is 0 Å². The van der Waals surface area contributed by atoms with Gasteiger partial charge in [0.05, 0.1) is 23.3 Å². The molecular formula is C26H24F2N4O2S. The number of H-pyrrole nitrogens is 1. The van der Waals surface area contributed by atoms with Gasteiger partial charge in [0.15, 0.2) is 11.6 Å². The van der Waals surface area contributed by atoms with Crippen LogP contribution in [0.25, 0.3) is 10.9 Å². The number of nitrogens with one attached hydrogen (secondary N) is 1. The second kappa shape index (κ2) is 9.58. The number of carbonyl (C=O) groups is 1. The molecule has 1 amide bonds. The van der Waals surface area contributed by atoms with E-state index in [9.17, 15) is 18.4 Å². The summed E-state index contributed by atoms with van der Waals surface area (Å²) in [5, 5.41) is 0.340. The molecule has 1 fully saturated rings. The number of aryl methyl sites for hydroxylation is 1. The number of benzene rings is 2. The highest BCUT2D eigenvalue weighted by atomic mass is 32.1. The SMILES string of the molecule is Cc1ncsc1C(=O)N(Cc1cc(=O)[nH]c2c(F)c(F)ccc12)c1ccc(N2CCCCC2)cc1. The van der Waals surface area contributed by atoms with Crippen LogP contribution in [0.2, 0.25) is 0 Å². The van der Waals surface area contributed by atoms with Gasteiger partial charge in [-0.2, -0.15) is 0 Å². The van der Waals surface area contributed by atoms with E-state index in [4.69, 9.17) is 0 Å². The number of halogens is 2. The molecule has 0 unspecified atom stereocenters. The first-order valence-electron chi connectivity index (χ1n) is 11.5. The van der Waals surface area contributed by atoms with Gasteiger partial charge in [-0.1, -0.05) is 0 Å². The Morgan fingerprint density at radius 3 is 2.54 bits per heavy atom. The van der Waals surface area contributed by atoms with Crippen molar-refractivity contribution in [2.75, 3.05) is 22.9 Å². The van der Waals surface area contributed by atoms with E-state index in [1.165, 1.54) is 29.9 Å². The number of carbonyl (C=O) groups excluding carboxylic acids is 1. The average molecular weight is 495 g/mol. The summed E-state index contributed by atoms with van der Waals surface area (Å²) >= 11 is 1.24. The van der Waals surface area contributed by atoms with E-state index in [-0.39, 0.29) is 18.0 Å². The lowest BCUT2D eigenvalue weighted by Crippen LogP contribution is -2.31. The Bertz CT molecular complexity index is 1440. The zero-order chi connectivity index (χ0) is 24.5. The number of fused-ring (bicyclic) bond motifs is 1. The fourth-order valence-electron chi connectivity index (χ4n) is 4.54. The second-order valence-corrected chi connectivity index (χ2v) is 9.52. The van der Waals surface area contributed by atoms with E-state index in [1.54, 1.807) is 17.3 Å². The van der Waals surface area contributed by atoms with Crippen LogP contribution in [0.3, 0.4) is 0 Å². The average Bonchev–Trinajstić information content (AvgIpc) is 3.31. The van der Waals surface area contributed by atoms with Gasteiger partial charge in [-0.05, 0) is 68.1 Å². The Morgan fingerprint density at radius 2 is 1.86 bits per heavy atom. The third-order valence-electron chi connectivity index (χ3n) is 6.39. The van der Waals surface area contributed by atoms with Crippen molar-refractivity contribution in [3.8, 4) is 0 Å². The number of pyridine rings is 1. The molecule has 0 radical (unpaired) electrons. The Morgan fingerprint density at radius 1 is 1.11 bits per heavy atom. The highest BCUT2D eigenvalue weighted by molar-refractivity contribution is 7.12. The van der Waals surface area contributed by atoms with Gasteiger partial charge in [0.25, 0.3) is 5.91 Å². The van der Waals surface area contributed by atoms with Crippen molar-refractivity contribution in [3.63, 3.8) is 0 Å². The van der Waals surface area contributed by atoms with Crippen molar-refractivity contribution in [3.05, 3.63) is 86.1 Å². The highest BCUT2D eigenvalue weighted by Gasteiger charge is 2.24. The summed E-state index contributed by atoms with van der Waals surface area (Å²) in [6, 6.07) is 11.5. The largest absolute Gasteiger partial charge is 0.372 e. The van der Waals surface area contributed by atoms with Gasteiger partial charge in [-0.3, -0.25) is 9.59 Å². The van der Waals surface area contributed by atoms with Crippen LogP contribution in [-0.2, 0) is 6.54 Å².